The third-order valence-corrected chi connectivity index (χ3v) is 10.4. The van der Waals surface area contributed by atoms with Gasteiger partial charge in [-0.05, 0) is 58.9 Å². The summed E-state index contributed by atoms with van der Waals surface area (Å²) in [6, 6.07) is 1.26. The minimum atomic E-state index is -10.3. The number of nitrogens with zero attached hydrogens (tertiary/aromatic N) is 2. The summed E-state index contributed by atoms with van der Waals surface area (Å²) in [5, 5.41) is 5.67. The topological polar surface area (TPSA) is 92.7 Å². The van der Waals surface area contributed by atoms with Gasteiger partial charge in [0.2, 0.25) is 0 Å². The lowest BCUT2D eigenvalue weighted by Crippen LogP contribution is -2.62. The van der Waals surface area contributed by atoms with Gasteiger partial charge in [-0.3, -0.25) is 9.59 Å². The zero-order chi connectivity index (χ0) is 32.3. The van der Waals surface area contributed by atoms with E-state index in [4.69, 9.17) is 4.74 Å². The predicted octanol–water partition coefficient (Wildman–Crippen LogP) is 6.92. The highest BCUT2D eigenvalue weighted by Crippen LogP contribution is 3.02. The van der Waals surface area contributed by atoms with Gasteiger partial charge >= 0.3 is 16.3 Å². The van der Waals surface area contributed by atoms with Gasteiger partial charge in [-0.2, -0.15) is 0 Å². The number of rotatable bonds is 7. The molecule has 1 saturated heterocycles. The first kappa shape index (κ1) is 30.7. The second kappa shape index (κ2) is 8.88. The molecule has 4 atom stereocenters. The number of halogens is 6. The molecule has 5 aliphatic rings. The summed E-state index contributed by atoms with van der Waals surface area (Å²) < 4.78 is 89.0. The van der Waals surface area contributed by atoms with Crippen molar-refractivity contribution in [1.29, 1.82) is 0 Å². The van der Waals surface area contributed by atoms with Crippen LogP contribution in [0.15, 0.2) is 40.2 Å². The Hall–Kier alpha value is -3.36. The normalized spacial score (nSPS) is 29.3. The van der Waals surface area contributed by atoms with Crippen LogP contribution in [0.1, 0.15) is 68.9 Å². The van der Waals surface area contributed by atoms with Gasteiger partial charge in [0.15, 0.2) is 5.82 Å². The average molecular weight is 649 g/mol. The van der Waals surface area contributed by atoms with Crippen LogP contribution in [0.4, 0.5) is 34.3 Å². The smallest absolute Gasteiger partial charge is 0.410 e. The highest BCUT2D eigenvalue weighted by Gasteiger charge is 2.67. The summed E-state index contributed by atoms with van der Waals surface area (Å²) in [6.07, 6.45) is 3.35. The molecule has 1 aliphatic heterocycles. The maximum absolute atomic E-state index is 14.8. The lowest BCUT2D eigenvalue weighted by atomic mass is 9.49. The first-order valence-corrected chi connectivity index (χ1v) is 16.4. The zero-order valence-corrected chi connectivity index (χ0v) is 25.3. The molecule has 2 heterocycles. The predicted molar refractivity (Wildman–Crippen MR) is 152 cm³/mol. The van der Waals surface area contributed by atoms with Gasteiger partial charge in [-0.15, -0.1) is 0 Å². The summed E-state index contributed by atoms with van der Waals surface area (Å²) in [5.74, 6) is -2.38. The molecular formula is C29H34F6N4O4S. The summed E-state index contributed by atoms with van der Waals surface area (Å²) >= 11 is 0. The summed E-state index contributed by atoms with van der Waals surface area (Å²) in [7, 11) is -10.3. The Morgan fingerprint density at radius 3 is 2.20 bits per heavy atom. The van der Waals surface area contributed by atoms with Crippen molar-refractivity contribution >= 4 is 27.9 Å². The Balaban J connectivity index is 1.24. The van der Waals surface area contributed by atoms with Gasteiger partial charge in [-0.1, -0.05) is 31.6 Å². The van der Waals surface area contributed by atoms with Gasteiger partial charge < -0.3 is 24.8 Å². The molecule has 0 unspecified atom stereocenters. The van der Waals surface area contributed by atoms with E-state index < -0.39 is 55.7 Å². The van der Waals surface area contributed by atoms with E-state index in [2.05, 4.69) is 10.6 Å². The van der Waals surface area contributed by atoms with Crippen molar-refractivity contribution in [3.63, 3.8) is 0 Å². The van der Waals surface area contributed by atoms with Crippen molar-refractivity contribution < 1.29 is 38.1 Å². The number of likely N-dealkylation sites (tertiary alicyclic amines) is 1. The molecule has 2 N–H and O–H groups in total. The Bertz CT molecular complexity index is 1610. The van der Waals surface area contributed by atoms with Crippen LogP contribution in [0.5, 0.6) is 0 Å². The standard InChI is InChI=1S/C29H34F6N4O4S/c1-15(17-6-5-7-22(24(17)30)44(31,32,33,34)35)36-26(41)20-14-39(29-9-16(10-29)11-29)23(40)8-21(20)37-25-18-12-38(13-19(18)25)27(42)43-28(2,3)4/h5-8,14-16,18-19,25,37H,9-13H2,1-4H3,(H,36,41)/t15-,16?,18-,19+,25+,29?/m1/s1. The van der Waals surface area contributed by atoms with Crippen molar-refractivity contribution in [2.45, 2.75) is 75.1 Å². The molecule has 5 fully saturated rings. The number of carbonyl (C=O) groups excluding carboxylic acids is 2. The summed E-state index contributed by atoms with van der Waals surface area (Å²) in [4.78, 5) is 38.2. The lowest BCUT2D eigenvalue weighted by Gasteiger charge is -2.62. The summed E-state index contributed by atoms with van der Waals surface area (Å²) in [6.45, 7) is 7.33. The van der Waals surface area contributed by atoms with Crippen LogP contribution in [0, 0.1) is 23.6 Å². The van der Waals surface area contributed by atoms with E-state index in [-0.39, 0.29) is 40.8 Å². The minimum absolute atomic E-state index is 0.0134. The number of aromatic nitrogens is 1. The molecule has 8 nitrogen and oxygen atoms in total. The Kier molecular flexibility index (Phi) is 6.19. The molecule has 2 amide bonds. The fourth-order valence-corrected chi connectivity index (χ4v) is 7.63. The molecule has 242 valence electrons. The molecule has 4 saturated carbocycles. The number of piperidine rings is 1. The van der Waals surface area contributed by atoms with Crippen LogP contribution in [0.25, 0.3) is 0 Å². The molecule has 1 aromatic heterocycles. The van der Waals surface area contributed by atoms with Crippen LogP contribution in [0.3, 0.4) is 0 Å². The van der Waals surface area contributed by atoms with E-state index in [0.29, 0.717) is 25.1 Å². The Morgan fingerprint density at radius 1 is 1.07 bits per heavy atom. The Morgan fingerprint density at radius 2 is 1.68 bits per heavy atom. The van der Waals surface area contributed by atoms with Gasteiger partial charge in [0.1, 0.15) is 10.5 Å². The molecule has 4 aliphatic carbocycles. The fraction of sp³-hybridized carbons (Fsp3) is 0.552. The number of benzene rings is 1. The third-order valence-electron chi connectivity index (χ3n) is 9.21. The van der Waals surface area contributed by atoms with E-state index in [1.165, 1.54) is 23.8 Å². The largest absolute Gasteiger partial charge is 0.444 e. The third kappa shape index (κ3) is 5.40. The first-order chi connectivity index (χ1) is 20.0. The van der Waals surface area contributed by atoms with E-state index >= 15 is 0 Å². The highest BCUT2D eigenvalue weighted by atomic mass is 32.5. The molecule has 0 spiro atoms. The molecule has 2 bridgehead atoms. The van der Waals surface area contributed by atoms with E-state index in [0.717, 1.165) is 25.3 Å². The molecule has 44 heavy (non-hydrogen) atoms. The molecule has 7 rings (SSSR count). The second-order valence-electron chi connectivity index (χ2n) is 13.7. The van der Waals surface area contributed by atoms with Crippen LogP contribution >= 0.6 is 10.2 Å². The van der Waals surface area contributed by atoms with Crippen molar-refractivity contribution in [3.8, 4) is 0 Å². The zero-order valence-electron chi connectivity index (χ0n) is 24.5. The SMILES string of the molecule is C[C@@H](NC(=O)c1cn(C23CC(C2)C3)c(=O)cc1N[C@H]1[C@@H]2CN(C(=O)OC(C)(C)C)C[C@@H]21)c1cccc(S(F)(F)(F)(F)F)c1F. The number of pyridine rings is 1. The molecule has 2 aromatic rings. The van der Waals surface area contributed by atoms with E-state index in [9.17, 15) is 38.2 Å². The maximum Gasteiger partial charge on any atom is 0.410 e. The van der Waals surface area contributed by atoms with Gasteiger partial charge in [0.25, 0.3) is 11.5 Å². The van der Waals surface area contributed by atoms with Gasteiger partial charge in [0, 0.05) is 54.3 Å². The van der Waals surface area contributed by atoms with Gasteiger partial charge in [-0.25, -0.2) is 9.18 Å². The molecule has 0 radical (unpaired) electrons. The quantitative estimate of drug-likeness (QED) is 0.318. The number of hydrogen-bond donors (Lipinski definition) is 2. The van der Waals surface area contributed by atoms with Crippen molar-refractivity contribution in [2.24, 2.45) is 17.8 Å². The number of ether oxygens (including phenoxy) is 1. The number of amides is 2. The molecule has 1 aromatic carbocycles. The number of carbonyl (C=O) groups is 2. The number of hydrogen-bond acceptors (Lipinski definition) is 5. The lowest BCUT2D eigenvalue weighted by molar-refractivity contribution is -0.0914. The number of nitrogens with one attached hydrogen (secondary N) is 2. The molecule has 15 heteroatoms. The van der Waals surface area contributed by atoms with Crippen LogP contribution < -0.4 is 16.2 Å². The Labute approximate surface area is 249 Å². The maximum atomic E-state index is 14.8. The van der Waals surface area contributed by atoms with Gasteiger partial charge in [0.05, 0.1) is 17.3 Å². The summed E-state index contributed by atoms with van der Waals surface area (Å²) in [5.41, 5.74) is -1.93. The van der Waals surface area contributed by atoms with Crippen molar-refractivity contribution in [3.05, 3.63) is 57.8 Å². The fourth-order valence-electron chi connectivity index (χ4n) is 6.84. The number of anilines is 1. The van der Waals surface area contributed by atoms with Crippen LogP contribution in [-0.2, 0) is 10.3 Å². The second-order valence-corrected chi connectivity index (χ2v) is 16.1. The first-order valence-electron chi connectivity index (χ1n) is 14.4. The van der Waals surface area contributed by atoms with Crippen LogP contribution in [0.2, 0.25) is 0 Å². The molecular weight excluding hydrogens is 614 g/mol. The van der Waals surface area contributed by atoms with Crippen molar-refractivity contribution in [1.82, 2.24) is 14.8 Å². The van der Waals surface area contributed by atoms with Crippen LogP contribution in [-0.4, -0.2) is 46.2 Å². The average Bonchev–Trinajstić information content (AvgIpc) is 3.23. The number of fused-ring (bicyclic) bond motifs is 1. The van der Waals surface area contributed by atoms with E-state index in [1.54, 1.807) is 25.7 Å². The monoisotopic (exact) mass is 648 g/mol. The van der Waals surface area contributed by atoms with E-state index in [1.807, 2.05) is 0 Å². The minimum Gasteiger partial charge on any atom is -0.444 e. The highest BCUT2D eigenvalue weighted by molar-refractivity contribution is 8.45. The van der Waals surface area contributed by atoms with Crippen molar-refractivity contribution in [2.75, 3.05) is 18.4 Å².